The Morgan fingerprint density at radius 2 is 2.31 bits per heavy atom. The second kappa shape index (κ2) is 7.97. The van der Waals surface area contributed by atoms with Crippen molar-refractivity contribution < 1.29 is 14.6 Å². The quantitative estimate of drug-likeness (QED) is 0.422. The number of hydrogen-bond donors (Lipinski definition) is 3. The van der Waals surface area contributed by atoms with Crippen LogP contribution < -0.4 is 11.1 Å². The van der Waals surface area contributed by atoms with Gasteiger partial charge >= 0.3 is 0 Å². The summed E-state index contributed by atoms with van der Waals surface area (Å²) in [6, 6.07) is 0.0789. The predicted molar refractivity (Wildman–Crippen MR) is 49.2 cm³/mol. The first-order valence-corrected chi connectivity index (χ1v) is 4.37. The van der Waals surface area contributed by atoms with E-state index in [9.17, 15) is 4.79 Å². The van der Waals surface area contributed by atoms with Crippen LogP contribution in [0.1, 0.15) is 13.3 Å². The van der Waals surface area contributed by atoms with Crippen LogP contribution in [0.2, 0.25) is 0 Å². The van der Waals surface area contributed by atoms with Gasteiger partial charge in [-0.1, -0.05) is 0 Å². The maximum Gasteiger partial charge on any atom is 0.218 e. The summed E-state index contributed by atoms with van der Waals surface area (Å²) in [6.07, 6.45) is 0.333. The van der Waals surface area contributed by atoms with Gasteiger partial charge in [-0.2, -0.15) is 0 Å². The molecule has 0 aliphatic carbocycles. The van der Waals surface area contributed by atoms with E-state index in [4.69, 9.17) is 15.6 Å². The molecular weight excluding hydrogens is 172 g/mol. The molecule has 0 saturated heterocycles. The van der Waals surface area contributed by atoms with Crippen LogP contribution in [0, 0.1) is 0 Å². The van der Waals surface area contributed by atoms with E-state index in [1.807, 2.05) is 6.92 Å². The van der Waals surface area contributed by atoms with E-state index in [2.05, 4.69) is 5.32 Å². The first kappa shape index (κ1) is 12.3. The largest absolute Gasteiger partial charge is 0.394 e. The van der Waals surface area contributed by atoms with E-state index < -0.39 is 0 Å². The molecule has 0 aliphatic heterocycles. The zero-order chi connectivity index (χ0) is 10.1. The fourth-order valence-electron chi connectivity index (χ4n) is 0.918. The molecule has 0 aliphatic rings. The van der Waals surface area contributed by atoms with Crippen LogP contribution in [0.3, 0.4) is 0 Å². The molecule has 0 heterocycles. The van der Waals surface area contributed by atoms with Gasteiger partial charge in [0.05, 0.1) is 19.8 Å². The molecule has 0 rings (SSSR count). The van der Waals surface area contributed by atoms with Crippen LogP contribution in [-0.2, 0) is 9.53 Å². The van der Waals surface area contributed by atoms with Crippen LogP contribution in [0.15, 0.2) is 0 Å². The third-order valence-corrected chi connectivity index (χ3v) is 1.48. The minimum Gasteiger partial charge on any atom is -0.394 e. The molecule has 0 bridgehead atoms. The molecule has 0 aromatic heterocycles. The zero-order valence-corrected chi connectivity index (χ0v) is 7.95. The number of amides is 1. The predicted octanol–water partition coefficient (Wildman–Crippen LogP) is -1.15. The average Bonchev–Trinajstić information content (AvgIpc) is 2.02. The highest BCUT2D eigenvalue weighted by molar-refractivity contribution is 5.74. The molecule has 78 valence electrons. The van der Waals surface area contributed by atoms with Crippen LogP contribution in [0.25, 0.3) is 0 Å². The third kappa shape index (κ3) is 9.26. The minimum absolute atomic E-state index is 0.0385. The van der Waals surface area contributed by atoms with Crippen molar-refractivity contribution in [3.8, 4) is 0 Å². The van der Waals surface area contributed by atoms with Crippen molar-refractivity contribution in [1.82, 2.24) is 5.32 Å². The third-order valence-electron chi connectivity index (χ3n) is 1.48. The van der Waals surface area contributed by atoms with E-state index in [1.165, 1.54) is 0 Å². The number of carbonyl (C=O) groups excluding carboxylic acids is 1. The van der Waals surface area contributed by atoms with Gasteiger partial charge in [-0.15, -0.1) is 0 Å². The van der Waals surface area contributed by atoms with E-state index in [1.54, 1.807) is 0 Å². The normalized spacial score (nSPS) is 12.8. The summed E-state index contributed by atoms with van der Waals surface area (Å²) in [5, 5.41) is 11.5. The Balaban J connectivity index is 3.17. The number of ether oxygens (including phenoxy) is 1. The van der Waals surface area contributed by atoms with Gasteiger partial charge in [0.15, 0.2) is 0 Å². The molecule has 5 heteroatoms. The molecule has 5 nitrogen and oxygen atoms in total. The van der Waals surface area contributed by atoms with E-state index in [0.29, 0.717) is 26.2 Å². The van der Waals surface area contributed by atoms with Crippen LogP contribution in [-0.4, -0.2) is 43.4 Å². The molecule has 0 fully saturated rings. The summed E-state index contributed by atoms with van der Waals surface area (Å²) >= 11 is 0. The molecule has 0 aromatic rings. The van der Waals surface area contributed by atoms with Crippen molar-refractivity contribution in [3.63, 3.8) is 0 Å². The minimum atomic E-state index is -0.309. The number of nitrogens with two attached hydrogens (primary N) is 1. The Morgan fingerprint density at radius 3 is 2.85 bits per heavy atom. The topological polar surface area (TPSA) is 84.6 Å². The Hall–Kier alpha value is -0.650. The maximum atomic E-state index is 10.5. The lowest BCUT2D eigenvalue weighted by molar-refractivity contribution is -0.118. The van der Waals surface area contributed by atoms with Crippen LogP contribution >= 0.6 is 0 Å². The van der Waals surface area contributed by atoms with Gasteiger partial charge in [0.1, 0.15) is 0 Å². The van der Waals surface area contributed by atoms with E-state index in [-0.39, 0.29) is 18.6 Å². The molecule has 1 amide bonds. The van der Waals surface area contributed by atoms with Crippen molar-refractivity contribution in [2.75, 3.05) is 26.4 Å². The van der Waals surface area contributed by atoms with Gasteiger partial charge in [0.2, 0.25) is 5.91 Å². The number of carbonyl (C=O) groups is 1. The second-order valence-electron chi connectivity index (χ2n) is 2.86. The molecular formula is C8H18N2O3. The smallest absolute Gasteiger partial charge is 0.218 e. The van der Waals surface area contributed by atoms with Gasteiger partial charge < -0.3 is 20.9 Å². The Kier molecular flexibility index (Phi) is 7.57. The van der Waals surface area contributed by atoms with Gasteiger partial charge in [-0.25, -0.2) is 0 Å². The van der Waals surface area contributed by atoms with E-state index in [0.717, 1.165) is 0 Å². The van der Waals surface area contributed by atoms with Crippen LogP contribution in [0.5, 0.6) is 0 Å². The zero-order valence-electron chi connectivity index (χ0n) is 7.95. The molecule has 0 radical (unpaired) electrons. The average molecular weight is 190 g/mol. The lowest BCUT2D eigenvalue weighted by Gasteiger charge is -2.11. The summed E-state index contributed by atoms with van der Waals surface area (Å²) in [5.74, 6) is -0.309. The van der Waals surface area contributed by atoms with Crippen molar-refractivity contribution in [3.05, 3.63) is 0 Å². The molecule has 0 aromatic carbocycles. The number of primary amides is 1. The molecule has 1 atom stereocenters. The van der Waals surface area contributed by atoms with Gasteiger partial charge in [0, 0.05) is 19.0 Å². The molecule has 13 heavy (non-hydrogen) atoms. The summed E-state index contributed by atoms with van der Waals surface area (Å²) in [4.78, 5) is 10.5. The number of rotatable bonds is 8. The number of aliphatic hydroxyl groups excluding tert-OH is 1. The standard InChI is InChI=1S/C8H18N2O3/c1-7(6-8(9)12)10-2-4-13-5-3-11/h7,10-11H,2-6H2,1H3,(H2,9,12). The van der Waals surface area contributed by atoms with Gasteiger partial charge in [-0.3, -0.25) is 4.79 Å². The van der Waals surface area contributed by atoms with Crippen molar-refractivity contribution in [1.29, 1.82) is 0 Å². The molecule has 0 saturated carbocycles. The Bertz CT molecular complexity index is 141. The first-order chi connectivity index (χ1) is 6.16. The lowest BCUT2D eigenvalue weighted by Crippen LogP contribution is -2.33. The van der Waals surface area contributed by atoms with Gasteiger partial charge in [0.25, 0.3) is 0 Å². The summed E-state index contributed by atoms with van der Waals surface area (Å²) in [6.45, 7) is 3.47. The Morgan fingerprint density at radius 1 is 1.62 bits per heavy atom. The van der Waals surface area contributed by atoms with Crippen molar-refractivity contribution in [2.45, 2.75) is 19.4 Å². The fourth-order valence-corrected chi connectivity index (χ4v) is 0.918. The highest BCUT2D eigenvalue weighted by Crippen LogP contribution is 1.87. The highest BCUT2D eigenvalue weighted by atomic mass is 16.5. The van der Waals surface area contributed by atoms with Crippen LogP contribution in [0.4, 0.5) is 0 Å². The maximum absolute atomic E-state index is 10.5. The second-order valence-corrected chi connectivity index (χ2v) is 2.86. The Labute approximate surface area is 78.3 Å². The first-order valence-electron chi connectivity index (χ1n) is 4.37. The highest BCUT2D eigenvalue weighted by Gasteiger charge is 2.03. The summed E-state index contributed by atoms with van der Waals surface area (Å²) in [7, 11) is 0. The molecule has 0 spiro atoms. The summed E-state index contributed by atoms with van der Waals surface area (Å²) in [5.41, 5.74) is 5.00. The number of nitrogens with one attached hydrogen (secondary N) is 1. The lowest BCUT2D eigenvalue weighted by atomic mass is 10.2. The molecule has 4 N–H and O–H groups in total. The van der Waals surface area contributed by atoms with E-state index >= 15 is 0 Å². The SMILES string of the molecule is CC(CC(N)=O)NCCOCCO. The number of hydrogen-bond acceptors (Lipinski definition) is 4. The fraction of sp³-hybridized carbons (Fsp3) is 0.875. The number of aliphatic hydroxyl groups is 1. The van der Waals surface area contributed by atoms with Gasteiger partial charge in [-0.05, 0) is 6.92 Å². The monoisotopic (exact) mass is 190 g/mol. The molecule has 1 unspecified atom stereocenters. The summed E-state index contributed by atoms with van der Waals surface area (Å²) < 4.78 is 5.01. The van der Waals surface area contributed by atoms with Crippen molar-refractivity contribution in [2.24, 2.45) is 5.73 Å². The van der Waals surface area contributed by atoms with Crippen molar-refractivity contribution >= 4 is 5.91 Å².